The van der Waals surface area contributed by atoms with E-state index in [4.69, 9.17) is 4.74 Å². The fourth-order valence-electron chi connectivity index (χ4n) is 4.17. The molecule has 0 saturated carbocycles. The molecule has 5 heteroatoms. The number of benzene rings is 1. The molecule has 0 aromatic heterocycles. The number of ether oxygens (including phenoxy) is 1. The molecule has 25 heavy (non-hydrogen) atoms. The lowest BCUT2D eigenvalue weighted by molar-refractivity contribution is -0.134. The van der Waals surface area contributed by atoms with Crippen LogP contribution in [0.2, 0.25) is 0 Å². The maximum atomic E-state index is 13.4. The summed E-state index contributed by atoms with van der Waals surface area (Å²) in [5.74, 6) is 0.362. The van der Waals surface area contributed by atoms with Gasteiger partial charge in [-0.1, -0.05) is 32.4 Å². The first-order chi connectivity index (χ1) is 12.1. The molecule has 0 N–H and O–H groups in total. The summed E-state index contributed by atoms with van der Waals surface area (Å²) in [7, 11) is 0. The first-order valence-electron chi connectivity index (χ1n) is 9.43. The monoisotopic (exact) mass is 348 g/mol. The lowest BCUT2D eigenvalue weighted by Gasteiger charge is -2.34. The first-order valence-corrected chi connectivity index (χ1v) is 9.43. The lowest BCUT2D eigenvalue weighted by atomic mass is 9.99. The van der Waals surface area contributed by atoms with E-state index in [2.05, 4.69) is 11.8 Å². The summed E-state index contributed by atoms with van der Waals surface area (Å²) in [5, 5.41) is 0. The highest BCUT2D eigenvalue weighted by molar-refractivity contribution is 5.79. The smallest absolute Gasteiger partial charge is 0.225 e. The minimum absolute atomic E-state index is 0.122. The van der Waals surface area contributed by atoms with Gasteiger partial charge in [-0.05, 0) is 30.0 Å². The number of hydrogen-bond acceptors (Lipinski definition) is 3. The van der Waals surface area contributed by atoms with Crippen LogP contribution in [0.5, 0.6) is 0 Å². The van der Waals surface area contributed by atoms with Crippen LogP contribution in [0.15, 0.2) is 24.3 Å². The Kier molecular flexibility index (Phi) is 6.07. The molecule has 4 nitrogen and oxygen atoms in total. The third-order valence-electron chi connectivity index (χ3n) is 5.61. The minimum Gasteiger partial charge on any atom is -0.379 e. The van der Waals surface area contributed by atoms with Crippen LogP contribution in [-0.2, 0) is 16.0 Å². The number of nitrogens with zero attached hydrogens (tertiary/aromatic N) is 2. The van der Waals surface area contributed by atoms with E-state index in [-0.39, 0.29) is 17.6 Å². The molecular formula is C20H29FN2O2. The maximum absolute atomic E-state index is 13.4. The van der Waals surface area contributed by atoms with Gasteiger partial charge >= 0.3 is 0 Å². The Hall–Kier alpha value is -1.46. The summed E-state index contributed by atoms with van der Waals surface area (Å²) >= 11 is 0. The molecule has 0 radical (unpaired) electrons. The summed E-state index contributed by atoms with van der Waals surface area (Å²) in [6.45, 7) is 9.31. The Morgan fingerprint density at radius 2 is 2.08 bits per heavy atom. The second-order valence-corrected chi connectivity index (χ2v) is 7.36. The van der Waals surface area contributed by atoms with Crippen molar-refractivity contribution < 1.29 is 13.9 Å². The van der Waals surface area contributed by atoms with Crippen LogP contribution in [0.1, 0.15) is 25.8 Å². The van der Waals surface area contributed by atoms with Crippen LogP contribution >= 0.6 is 0 Å². The Morgan fingerprint density at radius 3 is 2.76 bits per heavy atom. The SMILES string of the molecule is CCC1CN(C(=O)C(C)Cc2cccc(F)c2)CC1N1CCOCC1. The Bertz CT molecular complexity index is 589. The largest absolute Gasteiger partial charge is 0.379 e. The van der Waals surface area contributed by atoms with Crippen molar-refractivity contribution in [1.29, 1.82) is 0 Å². The van der Waals surface area contributed by atoms with Gasteiger partial charge in [0.25, 0.3) is 0 Å². The van der Waals surface area contributed by atoms with E-state index in [1.807, 2.05) is 17.9 Å². The highest BCUT2D eigenvalue weighted by Crippen LogP contribution is 2.27. The van der Waals surface area contributed by atoms with E-state index >= 15 is 0 Å². The van der Waals surface area contributed by atoms with Crippen molar-refractivity contribution in [2.24, 2.45) is 11.8 Å². The van der Waals surface area contributed by atoms with Crippen molar-refractivity contribution in [3.63, 3.8) is 0 Å². The molecule has 1 aromatic carbocycles. The van der Waals surface area contributed by atoms with Gasteiger partial charge in [0.15, 0.2) is 0 Å². The number of amides is 1. The summed E-state index contributed by atoms with van der Waals surface area (Å²) in [4.78, 5) is 17.4. The van der Waals surface area contributed by atoms with Crippen molar-refractivity contribution in [3.8, 4) is 0 Å². The van der Waals surface area contributed by atoms with Gasteiger partial charge in [-0.2, -0.15) is 0 Å². The molecule has 3 unspecified atom stereocenters. The van der Waals surface area contributed by atoms with Crippen LogP contribution in [0.3, 0.4) is 0 Å². The second kappa shape index (κ2) is 8.28. The molecule has 0 spiro atoms. The normalized spacial score (nSPS) is 26.0. The van der Waals surface area contributed by atoms with E-state index in [1.165, 1.54) is 12.1 Å². The molecule has 0 bridgehead atoms. The van der Waals surface area contributed by atoms with Crippen molar-refractivity contribution in [2.45, 2.75) is 32.7 Å². The van der Waals surface area contributed by atoms with Crippen LogP contribution < -0.4 is 0 Å². The van der Waals surface area contributed by atoms with Gasteiger partial charge in [0.2, 0.25) is 5.91 Å². The van der Waals surface area contributed by atoms with Crippen LogP contribution in [0.25, 0.3) is 0 Å². The Morgan fingerprint density at radius 1 is 1.32 bits per heavy atom. The number of morpholine rings is 1. The fourth-order valence-corrected chi connectivity index (χ4v) is 4.17. The molecule has 138 valence electrons. The number of carbonyl (C=O) groups is 1. The van der Waals surface area contributed by atoms with E-state index in [9.17, 15) is 9.18 Å². The topological polar surface area (TPSA) is 32.8 Å². The van der Waals surface area contributed by atoms with E-state index in [1.54, 1.807) is 6.07 Å². The van der Waals surface area contributed by atoms with Gasteiger partial charge in [-0.25, -0.2) is 4.39 Å². The van der Waals surface area contributed by atoms with Crippen LogP contribution in [-0.4, -0.2) is 61.1 Å². The predicted molar refractivity (Wildman–Crippen MR) is 95.8 cm³/mol. The average Bonchev–Trinajstić information content (AvgIpc) is 3.06. The molecule has 1 amide bonds. The summed E-state index contributed by atoms with van der Waals surface area (Å²) < 4.78 is 18.8. The fraction of sp³-hybridized carbons (Fsp3) is 0.650. The van der Waals surface area contributed by atoms with Crippen molar-refractivity contribution in [3.05, 3.63) is 35.6 Å². The standard InChI is InChI=1S/C20H29FN2O2/c1-3-17-13-23(14-19(17)22-7-9-25-10-8-22)20(24)15(2)11-16-5-4-6-18(21)12-16/h4-6,12,15,17,19H,3,7-11,13-14H2,1-2H3. The third kappa shape index (κ3) is 4.39. The van der Waals surface area contributed by atoms with Crippen LogP contribution in [0.4, 0.5) is 4.39 Å². The number of halogens is 1. The highest BCUT2D eigenvalue weighted by Gasteiger charge is 2.38. The van der Waals surface area contributed by atoms with Crippen molar-refractivity contribution >= 4 is 5.91 Å². The van der Waals surface area contributed by atoms with Gasteiger partial charge < -0.3 is 9.64 Å². The van der Waals surface area contributed by atoms with Crippen molar-refractivity contribution in [1.82, 2.24) is 9.80 Å². The molecule has 2 saturated heterocycles. The molecule has 2 aliphatic rings. The van der Waals surface area contributed by atoms with Gasteiger partial charge in [0.1, 0.15) is 5.82 Å². The molecule has 1 aromatic rings. The number of hydrogen-bond donors (Lipinski definition) is 0. The molecule has 2 aliphatic heterocycles. The van der Waals surface area contributed by atoms with Gasteiger partial charge in [-0.15, -0.1) is 0 Å². The summed E-state index contributed by atoms with van der Waals surface area (Å²) in [6.07, 6.45) is 1.68. The zero-order chi connectivity index (χ0) is 17.8. The maximum Gasteiger partial charge on any atom is 0.225 e. The van der Waals surface area contributed by atoms with Gasteiger partial charge in [0, 0.05) is 38.1 Å². The minimum atomic E-state index is -0.239. The Labute approximate surface area is 149 Å². The van der Waals surface area contributed by atoms with E-state index in [0.717, 1.165) is 51.4 Å². The van der Waals surface area contributed by atoms with Crippen molar-refractivity contribution in [2.75, 3.05) is 39.4 Å². The lowest BCUT2D eigenvalue weighted by Crippen LogP contribution is -2.47. The third-order valence-corrected chi connectivity index (χ3v) is 5.61. The van der Waals surface area contributed by atoms with Gasteiger partial charge in [0.05, 0.1) is 13.2 Å². The van der Waals surface area contributed by atoms with E-state index < -0.39 is 0 Å². The molecule has 0 aliphatic carbocycles. The quantitative estimate of drug-likeness (QED) is 0.820. The second-order valence-electron chi connectivity index (χ2n) is 7.36. The molecule has 3 rings (SSSR count). The summed E-state index contributed by atoms with van der Waals surface area (Å²) in [6, 6.07) is 7.01. The average molecular weight is 348 g/mol. The predicted octanol–water partition coefficient (Wildman–Crippen LogP) is 2.57. The van der Waals surface area contributed by atoms with E-state index in [0.29, 0.717) is 18.4 Å². The zero-order valence-corrected chi connectivity index (χ0v) is 15.3. The molecule has 2 heterocycles. The van der Waals surface area contributed by atoms with Gasteiger partial charge in [-0.3, -0.25) is 9.69 Å². The first kappa shape index (κ1) is 18.3. The number of likely N-dealkylation sites (tertiary alicyclic amines) is 1. The summed E-state index contributed by atoms with van der Waals surface area (Å²) in [5.41, 5.74) is 0.886. The Balaban J connectivity index is 1.61. The van der Waals surface area contributed by atoms with Crippen LogP contribution in [0, 0.1) is 17.7 Å². The molecule has 3 atom stereocenters. The molecule has 2 fully saturated rings. The number of rotatable bonds is 5. The molecular weight excluding hydrogens is 319 g/mol. The number of carbonyl (C=O) groups excluding carboxylic acids is 1. The highest BCUT2D eigenvalue weighted by atomic mass is 19.1. The zero-order valence-electron chi connectivity index (χ0n) is 15.3.